The maximum absolute atomic E-state index is 11.9. The number of carbonyl (C=O) groups is 1. The van der Waals surface area contributed by atoms with Crippen molar-refractivity contribution >= 4 is 5.91 Å². The Kier molecular flexibility index (Phi) is 4.64. The third-order valence-electron chi connectivity index (χ3n) is 3.83. The van der Waals surface area contributed by atoms with Crippen molar-refractivity contribution in [3.63, 3.8) is 0 Å². The molecule has 0 radical (unpaired) electrons. The van der Waals surface area contributed by atoms with E-state index in [1.807, 2.05) is 0 Å². The number of rotatable bonds is 2. The number of amides is 1. The van der Waals surface area contributed by atoms with Gasteiger partial charge in [-0.15, -0.1) is 0 Å². The van der Waals surface area contributed by atoms with Crippen molar-refractivity contribution < 1.29 is 4.79 Å². The smallest absolute Gasteiger partial charge is 0.237 e. The van der Waals surface area contributed by atoms with E-state index >= 15 is 0 Å². The van der Waals surface area contributed by atoms with Gasteiger partial charge in [0.2, 0.25) is 5.91 Å². The number of carbonyl (C=O) groups excluding carboxylic acids is 1. The Bertz CT molecular complexity index is 216. The van der Waals surface area contributed by atoms with Crippen molar-refractivity contribution in [3.05, 3.63) is 0 Å². The first kappa shape index (κ1) is 11.9. The van der Waals surface area contributed by atoms with E-state index in [2.05, 4.69) is 10.6 Å². The summed E-state index contributed by atoms with van der Waals surface area (Å²) in [6.07, 6.45) is 11.1. The molecule has 2 aliphatic rings. The van der Waals surface area contributed by atoms with Gasteiger partial charge in [-0.25, -0.2) is 0 Å². The molecule has 2 rings (SSSR count). The zero-order valence-electron chi connectivity index (χ0n) is 10.1. The second-order valence-corrected chi connectivity index (χ2v) is 5.20. The van der Waals surface area contributed by atoms with E-state index in [4.69, 9.17) is 0 Å². The predicted octanol–water partition coefficient (Wildman–Crippen LogP) is 1.97. The number of hydrogen-bond donors (Lipinski definition) is 2. The quantitative estimate of drug-likeness (QED) is 0.753. The Labute approximate surface area is 98.4 Å². The molecule has 0 aromatic heterocycles. The molecule has 16 heavy (non-hydrogen) atoms. The molecule has 0 unspecified atom stereocenters. The highest BCUT2D eigenvalue weighted by Crippen LogP contribution is 2.17. The molecule has 92 valence electrons. The highest BCUT2D eigenvalue weighted by molar-refractivity contribution is 5.82. The highest BCUT2D eigenvalue weighted by Gasteiger charge is 2.24. The van der Waals surface area contributed by atoms with Crippen molar-refractivity contribution in [1.82, 2.24) is 10.6 Å². The molecule has 1 saturated heterocycles. The molecule has 0 aromatic carbocycles. The molecule has 1 saturated carbocycles. The van der Waals surface area contributed by atoms with Crippen LogP contribution in [0.4, 0.5) is 0 Å². The summed E-state index contributed by atoms with van der Waals surface area (Å²) in [7, 11) is 0. The SMILES string of the molecule is O=C(NC1CCCCCCC1)[C@H]1CCCN1. The Morgan fingerprint density at radius 2 is 1.62 bits per heavy atom. The van der Waals surface area contributed by atoms with Gasteiger partial charge in [-0.3, -0.25) is 4.79 Å². The van der Waals surface area contributed by atoms with Gasteiger partial charge >= 0.3 is 0 Å². The average Bonchev–Trinajstić information content (AvgIpc) is 2.74. The fourth-order valence-corrected chi connectivity index (χ4v) is 2.81. The third kappa shape index (κ3) is 3.48. The lowest BCUT2D eigenvalue weighted by atomic mass is 9.96. The lowest BCUT2D eigenvalue weighted by Crippen LogP contribution is -2.45. The molecule has 0 spiro atoms. The van der Waals surface area contributed by atoms with E-state index < -0.39 is 0 Å². The summed E-state index contributed by atoms with van der Waals surface area (Å²) in [4.78, 5) is 11.9. The van der Waals surface area contributed by atoms with Crippen molar-refractivity contribution in [2.24, 2.45) is 0 Å². The molecule has 0 aromatic rings. The number of hydrogen-bond acceptors (Lipinski definition) is 2. The molecule has 2 fully saturated rings. The van der Waals surface area contributed by atoms with E-state index in [0.717, 1.165) is 19.4 Å². The van der Waals surface area contributed by atoms with Crippen LogP contribution in [0.1, 0.15) is 57.8 Å². The fraction of sp³-hybridized carbons (Fsp3) is 0.923. The van der Waals surface area contributed by atoms with Crippen LogP contribution in [0.3, 0.4) is 0 Å². The van der Waals surface area contributed by atoms with Crippen LogP contribution in [0.15, 0.2) is 0 Å². The van der Waals surface area contributed by atoms with Crippen LogP contribution in [-0.4, -0.2) is 24.5 Å². The predicted molar refractivity (Wildman–Crippen MR) is 65.3 cm³/mol. The van der Waals surface area contributed by atoms with Crippen molar-refractivity contribution in [2.75, 3.05) is 6.54 Å². The Morgan fingerprint density at radius 3 is 2.25 bits per heavy atom. The van der Waals surface area contributed by atoms with Gasteiger partial charge in [-0.05, 0) is 32.2 Å². The monoisotopic (exact) mass is 224 g/mol. The van der Waals surface area contributed by atoms with Gasteiger partial charge in [0.15, 0.2) is 0 Å². The average molecular weight is 224 g/mol. The van der Waals surface area contributed by atoms with Gasteiger partial charge in [-0.1, -0.05) is 32.1 Å². The summed E-state index contributed by atoms with van der Waals surface area (Å²) in [6, 6.07) is 0.528. The second-order valence-electron chi connectivity index (χ2n) is 5.20. The zero-order valence-corrected chi connectivity index (χ0v) is 10.1. The minimum absolute atomic E-state index is 0.0884. The van der Waals surface area contributed by atoms with Crippen LogP contribution in [0, 0.1) is 0 Å². The largest absolute Gasteiger partial charge is 0.352 e. The molecule has 0 bridgehead atoms. The van der Waals surface area contributed by atoms with E-state index in [1.54, 1.807) is 0 Å². The lowest BCUT2D eigenvalue weighted by molar-refractivity contribution is -0.123. The molecule has 1 heterocycles. The van der Waals surface area contributed by atoms with E-state index in [1.165, 1.54) is 44.9 Å². The summed E-state index contributed by atoms with van der Waals surface area (Å²) >= 11 is 0. The van der Waals surface area contributed by atoms with E-state index in [0.29, 0.717) is 6.04 Å². The summed E-state index contributed by atoms with van der Waals surface area (Å²) in [5.74, 6) is 0.239. The van der Waals surface area contributed by atoms with Crippen LogP contribution in [0.2, 0.25) is 0 Å². The molecular weight excluding hydrogens is 200 g/mol. The minimum Gasteiger partial charge on any atom is -0.352 e. The maximum atomic E-state index is 11.9. The molecule has 3 heteroatoms. The van der Waals surface area contributed by atoms with Gasteiger partial charge in [0.1, 0.15) is 0 Å². The topological polar surface area (TPSA) is 41.1 Å². The summed E-state index contributed by atoms with van der Waals surface area (Å²) < 4.78 is 0. The van der Waals surface area contributed by atoms with Crippen LogP contribution >= 0.6 is 0 Å². The van der Waals surface area contributed by atoms with Gasteiger partial charge in [0, 0.05) is 6.04 Å². The first-order valence-electron chi connectivity index (χ1n) is 6.90. The first-order chi connectivity index (χ1) is 7.86. The Morgan fingerprint density at radius 1 is 0.938 bits per heavy atom. The standard InChI is InChI=1S/C13H24N2O/c16-13(12-9-6-10-14-12)15-11-7-4-2-1-3-5-8-11/h11-12,14H,1-10H2,(H,15,16)/t12-/m1/s1. The van der Waals surface area contributed by atoms with Crippen molar-refractivity contribution in [3.8, 4) is 0 Å². The molecular formula is C13H24N2O. The van der Waals surface area contributed by atoms with Crippen LogP contribution in [-0.2, 0) is 4.79 Å². The summed E-state index contributed by atoms with van der Waals surface area (Å²) in [5, 5.41) is 6.49. The minimum atomic E-state index is 0.0884. The number of nitrogens with one attached hydrogen (secondary N) is 2. The molecule has 1 aliphatic carbocycles. The zero-order chi connectivity index (χ0) is 11.2. The van der Waals surface area contributed by atoms with E-state index in [9.17, 15) is 4.79 Å². The molecule has 1 amide bonds. The highest BCUT2D eigenvalue weighted by atomic mass is 16.2. The first-order valence-corrected chi connectivity index (χ1v) is 6.90. The molecule has 1 atom stereocenters. The normalized spacial score (nSPS) is 28.4. The molecule has 3 nitrogen and oxygen atoms in total. The van der Waals surface area contributed by atoms with Gasteiger partial charge in [-0.2, -0.15) is 0 Å². The van der Waals surface area contributed by atoms with Crippen LogP contribution < -0.4 is 10.6 Å². The van der Waals surface area contributed by atoms with Gasteiger partial charge in [0.25, 0.3) is 0 Å². The van der Waals surface area contributed by atoms with Crippen LogP contribution in [0.25, 0.3) is 0 Å². The van der Waals surface area contributed by atoms with Gasteiger partial charge in [0.05, 0.1) is 6.04 Å². The lowest BCUT2D eigenvalue weighted by Gasteiger charge is -2.22. The molecule has 2 N–H and O–H groups in total. The molecule has 1 aliphatic heterocycles. The Hall–Kier alpha value is -0.570. The van der Waals surface area contributed by atoms with Crippen molar-refractivity contribution in [1.29, 1.82) is 0 Å². The van der Waals surface area contributed by atoms with Crippen molar-refractivity contribution in [2.45, 2.75) is 69.9 Å². The summed E-state index contributed by atoms with van der Waals surface area (Å²) in [6.45, 7) is 1.00. The third-order valence-corrected chi connectivity index (χ3v) is 3.83. The van der Waals surface area contributed by atoms with Crippen LogP contribution in [0.5, 0.6) is 0 Å². The fourth-order valence-electron chi connectivity index (χ4n) is 2.81. The summed E-state index contributed by atoms with van der Waals surface area (Å²) in [5.41, 5.74) is 0. The maximum Gasteiger partial charge on any atom is 0.237 e. The van der Waals surface area contributed by atoms with Gasteiger partial charge < -0.3 is 10.6 Å². The van der Waals surface area contributed by atoms with E-state index in [-0.39, 0.29) is 11.9 Å². The Balaban J connectivity index is 1.75. The second kappa shape index (κ2) is 6.24.